The maximum atomic E-state index is 6.28. The molecule has 0 radical (unpaired) electrons. The Labute approximate surface area is 162 Å². The summed E-state index contributed by atoms with van der Waals surface area (Å²) in [6, 6.07) is 14.1. The smallest absolute Gasteiger partial charge is 0.161 e. The van der Waals surface area contributed by atoms with Crippen LogP contribution in [0.25, 0.3) is 10.6 Å². The summed E-state index contributed by atoms with van der Waals surface area (Å²) in [6.45, 7) is 2.96. The Kier molecular flexibility index (Phi) is 6.14. The first-order valence-corrected chi connectivity index (χ1v) is 9.62. The van der Waals surface area contributed by atoms with E-state index in [0.29, 0.717) is 5.75 Å². The molecule has 3 aromatic rings. The number of nitrogens with two attached hydrogens (primary N) is 1. The number of ether oxygens (including phenoxy) is 2. The fraction of sp³-hybridized carbons (Fsp3) is 0.250. The normalized spacial score (nSPS) is 12.0. The molecule has 0 unspecified atom stereocenters. The van der Waals surface area contributed by atoms with Gasteiger partial charge in [0.15, 0.2) is 11.5 Å². The third kappa shape index (κ3) is 4.18. The van der Waals surface area contributed by atoms with Crippen molar-refractivity contribution in [2.45, 2.75) is 19.5 Å². The largest absolute Gasteiger partial charge is 0.493 e. The zero-order chi connectivity index (χ0) is 18.5. The van der Waals surface area contributed by atoms with Gasteiger partial charge < -0.3 is 14.8 Å². The molecule has 26 heavy (non-hydrogen) atoms. The summed E-state index contributed by atoms with van der Waals surface area (Å²) in [4.78, 5) is 4.76. The van der Waals surface area contributed by atoms with Crippen molar-refractivity contribution in [3.8, 4) is 22.1 Å². The van der Waals surface area contributed by atoms with Gasteiger partial charge in [0.25, 0.3) is 0 Å². The molecule has 6 heteroatoms. The second kappa shape index (κ2) is 8.54. The first-order valence-electron chi connectivity index (χ1n) is 8.37. The maximum Gasteiger partial charge on any atom is 0.161 e. The molecule has 0 aliphatic heterocycles. The highest BCUT2D eigenvalue weighted by molar-refractivity contribution is 7.13. The van der Waals surface area contributed by atoms with Crippen LogP contribution in [0.15, 0.2) is 47.8 Å². The Balaban J connectivity index is 1.69. The van der Waals surface area contributed by atoms with E-state index < -0.39 is 0 Å². The van der Waals surface area contributed by atoms with Crippen LogP contribution in [-0.2, 0) is 6.54 Å². The lowest BCUT2D eigenvalue weighted by molar-refractivity contribution is -0.708. The van der Waals surface area contributed by atoms with Crippen LogP contribution in [0.2, 0.25) is 5.02 Å². The molecule has 0 spiro atoms. The number of aromatic nitrogens is 1. The first-order chi connectivity index (χ1) is 12.6. The van der Waals surface area contributed by atoms with Gasteiger partial charge in [0, 0.05) is 21.5 Å². The number of hydrogen-bond donors (Lipinski definition) is 1. The van der Waals surface area contributed by atoms with Crippen molar-refractivity contribution in [2.75, 3.05) is 14.2 Å². The van der Waals surface area contributed by atoms with Crippen molar-refractivity contribution in [3.63, 3.8) is 0 Å². The van der Waals surface area contributed by atoms with Gasteiger partial charge in [-0.2, -0.15) is 0 Å². The number of thiazole rings is 1. The Morgan fingerprint density at radius 1 is 1.12 bits per heavy atom. The van der Waals surface area contributed by atoms with E-state index in [0.717, 1.165) is 39.1 Å². The zero-order valence-electron chi connectivity index (χ0n) is 15.0. The first kappa shape index (κ1) is 18.7. The molecule has 0 amide bonds. The average molecular weight is 390 g/mol. The minimum Gasteiger partial charge on any atom is -0.493 e. The van der Waals surface area contributed by atoms with Gasteiger partial charge in [-0.15, -0.1) is 11.3 Å². The summed E-state index contributed by atoms with van der Waals surface area (Å²) in [5, 5.41) is 6.12. The van der Waals surface area contributed by atoms with Crippen molar-refractivity contribution in [2.24, 2.45) is 0 Å². The predicted octanol–water partition coefficient (Wildman–Crippen LogP) is 4.31. The van der Waals surface area contributed by atoms with E-state index in [1.165, 1.54) is 0 Å². The Hall–Kier alpha value is -2.08. The minimum atomic E-state index is 0.273. The van der Waals surface area contributed by atoms with Gasteiger partial charge in [-0.05, 0) is 31.2 Å². The highest BCUT2D eigenvalue weighted by Gasteiger charge is 2.14. The van der Waals surface area contributed by atoms with Gasteiger partial charge in [-0.25, -0.2) is 4.98 Å². The predicted molar refractivity (Wildman–Crippen MR) is 106 cm³/mol. The molecule has 2 aromatic carbocycles. The summed E-state index contributed by atoms with van der Waals surface area (Å²) in [5.41, 5.74) is 3.22. The van der Waals surface area contributed by atoms with Gasteiger partial charge >= 0.3 is 0 Å². The minimum absolute atomic E-state index is 0.273. The SMILES string of the molecule is COc1ccc(-c2nc(C[NH2+][C@H](C)c3ccccc3Cl)cs2)cc1OC. The van der Waals surface area contributed by atoms with Gasteiger partial charge in [-0.1, -0.05) is 29.8 Å². The van der Waals surface area contributed by atoms with E-state index in [1.54, 1.807) is 25.6 Å². The van der Waals surface area contributed by atoms with E-state index in [9.17, 15) is 0 Å². The summed E-state index contributed by atoms with van der Waals surface area (Å²) >= 11 is 7.91. The van der Waals surface area contributed by atoms with Gasteiger partial charge in [0.2, 0.25) is 0 Å². The monoisotopic (exact) mass is 389 g/mol. The van der Waals surface area contributed by atoms with Crippen LogP contribution >= 0.6 is 22.9 Å². The van der Waals surface area contributed by atoms with Crippen LogP contribution in [0, 0.1) is 0 Å². The molecule has 0 aliphatic carbocycles. The molecule has 3 rings (SSSR count). The molecule has 136 valence electrons. The highest BCUT2D eigenvalue weighted by Crippen LogP contribution is 2.33. The maximum absolute atomic E-state index is 6.28. The highest BCUT2D eigenvalue weighted by atomic mass is 35.5. The molecule has 1 aromatic heterocycles. The Morgan fingerprint density at radius 2 is 1.88 bits per heavy atom. The lowest BCUT2D eigenvalue weighted by atomic mass is 10.1. The number of hydrogen-bond acceptors (Lipinski definition) is 4. The van der Waals surface area contributed by atoms with Crippen LogP contribution in [0.3, 0.4) is 0 Å². The number of benzene rings is 2. The molecule has 0 saturated heterocycles. The zero-order valence-corrected chi connectivity index (χ0v) is 16.6. The van der Waals surface area contributed by atoms with Crippen molar-refractivity contribution >= 4 is 22.9 Å². The summed E-state index contributed by atoms with van der Waals surface area (Å²) in [6.07, 6.45) is 0. The molecular formula is C20H22ClN2O2S+. The van der Waals surface area contributed by atoms with E-state index in [4.69, 9.17) is 26.1 Å². The van der Waals surface area contributed by atoms with Crippen LogP contribution in [0.1, 0.15) is 24.2 Å². The van der Waals surface area contributed by atoms with Crippen LogP contribution in [0.5, 0.6) is 11.5 Å². The van der Waals surface area contributed by atoms with E-state index in [1.807, 2.05) is 36.4 Å². The molecule has 4 nitrogen and oxygen atoms in total. The second-order valence-electron chi connectivity index (χ2n) is 5.96. The number of nitrogens with zero attached hydrogens (tertiary/aromatic N) is 1. The standard InChI is InChI=1S/C20H21ClN2O2S/c1-13(16-6-4-5-7-17(16)21)22-11-15-12-26-20(23-15)14-8-9-18(24-2)19(10-14)25-3/h4-10,12-13,22H,11H2,1-3H3/p+1/t13-/m1/s1. The second-order valence-corrected chi connectivity index (χ2v) is 7.23. The quantitative estimate of drug-likeness (QED) is 0.655. The summed E-state index contributed by atoms with van der Waals surface area (Å²) in [7, 11) is 3.27. The topological polar surface area (TPSA) is 48.0 Å². The van der Waals surface area contributed by atoms with Crippen molar-refractivity contribution in [1.82, 2.24) is 4.98 Å². The fourth-order valence-electron chi connectivity index (χ4n) is 2.77. The van der Waals surface area contributed by atoms with Crippen molar-refractivity contribution < 1.29 is 14.8 Å². The van der Waals surface area contributed by atoms with Crippen molar-refractivity contribution in [3.05, 3.63) is 64.1 Å². The average Bonchev–Trinajstić information content (AvgIpc) is 3.15. The Bertz CT molecular complexity index is 882. The van der Waals surface area contributed by atoms with E-state index in [2.05, 4.69) is 23.7 Å². The molecule has 2 N–H and O–H groups in total. The fourth-order valence-corrected chi connectivity index (χ4v) is 3.91. The number of halogens is 1. The van der Waals surface area contributed by atoms with Gasteiger partial charge in [0.1, 0.15) is 23.3 Å². The lowest BCUT2D eigenvalue weighted by Gasteiger charge is -2.11. The van der Waals surface area contributed by atoms with Crippen LogP contribution < -0.4 is 14.8 Å². The number of rotatable bonds is 7. The molecule has 1 heterocycles. The van der Waals surface area contributed by atoms with Crippen LogP contribution in [0.4, 0.5) is 0 Å². The third-order valence-electron chi connectivity index (χ3n) is 4.26. The van der Waals surface area contributed by atoms with Crippen LogP contribution in [-0.4, -0.2) is 19.2 Å². The molecule has 0 fully saturated rings. The molecular weight excluding hydrogens is 368 g/mol. The van der Waals surface area contributed by atoms with E-state index in [-0.39, 0.29) is 6.04 Å². The molecule has 0 bridgehead atoms. The Morgan fingerprint density at radius 3 is 2.62 bits per heavy atom. The van der Waals surface area contributed by atoms with Gasteiger partial charge in [0.05, 0.1) is 14.2 Å². The third-order valence-corrected chi connectivity index (χ3v) is 5.54. The summed E-state index contributed by atoms with van der Waals surface area (Å²) in [5.74, 6) is 1.43. The molecule has 0 saturated carbocycles. The lowest BCUT2D eigenvalue weighted by Crippen LogP contribution is -2.83. The molecule has 1 atom stereocenters. The molecule has 0 aliphatic rings. The number of methoxy groups -OCH3 is 2. The van der Waals surface area contributed by atoms with E-state index >= 15 is 0 Å². The number of quaternary nitrogens is 1. The van der Waals surface area contributed by atoms with Crippen molar-refractivity contribution in [1.29, 1.82) is 0 Å². The summed E-state index contributed by atoms with van der Waals surface area (Å²) < 4.78 is 10.7. The van der Waals surface area contributed by atoms with Gasteiger partial charge in [-0.3, -0.25) is 0 Å².